The Hall–Kier alpha value is -1.85. The Bertz CT molecular complexity index is 543. The number of hydrogen-bond acceptors (Lipinski definition) is 3. The molecule has 0 radical (unpaired) electrons. The van der Waals surface area contributed by atoms with Crippen molar-refractivity contribution in [3.05, 3.63) is 29.8 Å². The Labute approximate surface area is 129 Å². The summed E-state index contributed by atoms with van der Waals surface area (Å²) in [6, 6.07) is 3.21. The zero-order valence-electron chi connectivity index (χ0n) is 13.1. The third kappa shape index (κ3) is 4.58. The molecule has 1 heterocycles. The zero-order chi connectivity index (χ0) is 16.3. The number of amides is 1. The second kappa shape index (κ2) is 6.50. The molecule has 1 saturated heterocycles. The molecule has 0 saturated carbocycles. The maximum absolute atomic E-state index is 13.5. The van der Waals surface area contributed by atoms with Gasteiger partial charge in [-0.05, 0) is 39.3 Å². The topological polar surface area (TPSA) is 38.8 Å². The molecule has 0 aromatic heterocycles. The summed E-state index contributed by atoms with van der Waals surface area (Å²) in [5.74, 6) is -1.22. The van der Waals surface area contributed by atoms with Crippen molar-refractivity contribution in [3.8, 4) is 5.75 Å². The van der Waals surface area contributed by atoms with Crippen LogP contribution >= 0.6 is 0 Å². The fourth-order valence-electron chi connectivity index (χ4n) is 2.26. The van der Waals surface area contributed by atoms with Crippen LogP contribution in [0.25, 0.3) is 0 Å². The van der Waals surface area contributed by atoms with E-state index < -0.39 is 17.2 Å². The fraction of sp³-hybridized carbons (Fsp3) is 0.562. The number of rotatable bonds is 3. The molecule has 0 unspecified atom stereocenters. The van der Waals surface area contributed by atoms with Crippen LogP contribution < -0.4 is 4.74 Å². The van der Waals surface area contributed by atoms with Gasteiger partial charge in [0, 0.05) is 25.1 Å². The van der Waals surface area contributed by atoms with E-state index in [1.54, 1.807) is 4.90 Å². The normalized spacial score (nSPS) is 18.4. The predicted octanol–water partition coefficient (Wildman–Crippen LogP) is 3.60. The van der Waals surface area contributed by atoms with E-state index in [1.807, 2.05) is 20.8 Å². The van der Waals surface area contributed by atoms with E-state index in [0.717, 1.165) is 18.6 Å². The molecule has 1 amide bonds. The minimum atomic E-state index is -0.720. The summed E-state index contributed by atoms with van der Waals surface area (Å²) in [7, 11) is 0. The minimum absolute atomic E-state index is 0.0251. The monoisotopic (exact) mass is 313 g/mol. The Morgan fingerprint density at radius 1 is 1.36 bits per heavy atom. The number of carbonyl (C=O) groups excluding carboxylic acids is 1. The van der Waals surface area contributed by atoms with Gasteiger partial charge in [-0.25, -0.2) is 13.6 Å². The molecule has 122 valence electrons. The van der Waals surface area contributed by atoms with Gasteiger partial charge in [0.2, 0.25) is 0 Å². The Morgan fingerprint density at radius 2 is 2.09 bits per heavy atom. The predicted molar refractivity (Wildman–Crippen MR) is 77.8 cm³/mol. The first-order valence-corrected chi connectivity index (χ1v) is 7.30. The molecule has 0 spiro atoms. The molecule has 1 aliphatic heterocycles. The molecule has 1 atom stereocenters. The van der Waals surface area contributed by atoms with Crippen molar-refractivity contribution in [3.63, 3.8) is 0 Å². The van der Waals surface area contributed by atoms with Gasteiger partial charge < -0.3 is 14.4 Å². The molecule has 1 aliphatic rings. The molecule has 6 heteroatoms. The number of likely N-dealkylation sites (tertiary alicyclic amines) is 1. The van der Waals surface area contributed by atoms with Gasteiger partial charge in [-0.15, -0.1) is 0 Å². The summed E-state index contributed by atoms with van der Waals surface area (Å²) >= 11 is 0. The first-order valence-electron chi connectivity index (χ1n) is 7.30. The van der Waals surface area contributed by atoms with E-state index >= 15 is 0 Å². The van der Waals surface area contributed by atoms with Crippen LogP contribution in [0.3, 0.4) is 0 Å². The van der Waals surface area contributed by atoms with E-state index in [1.165, 1.54) is 6.07 Å². The lowest BCUT2D eigenvalue weighted by atomic mass is 10.1. The number of carbonyl (C=O) groups is 1. The Balaban J connectivity index is 1.82. The Kier molecular flexibility index (Phi) is 4.88. The maximum Gasteiger partial charge on any atom is 0.410 e. The van der Waals surface area contributed by atoms with E-state index in [4.69, 9.17) is 9.47 Å². The number of benzene rings is 1. The molecule has 22 heavy (non-hydrogen) atoms. The van der Waals surface area contributed by atoms with Gasteiger partial charge in [0.25, 0.3) is 0 Å². The minimum Gasteiger partial charge on any atom is -0.490 e. The van der Waals surface area contributed by atoms with Crippen molar-refractivity contribution in [2.75, 3.05) is 19.7 Å². The highest BCUT2D eigenvalue weighted by atomic mass is 19.1. The summed E-state index contributed by atoms with van der Waals surface area (Å²) in [4.78, 5) is 13.6. The van der Waals surface area contributed by atoms with Crippen molar-refractivity contribution >= 4 is 6.09 Å². The quantitative estimate of drug-likeness (QED) is 0.856. The first-order chi connectivity index (χ1) is 10.2. The molecule has 0 bridgehead atoms. The molecule has 1 aromatic carbocycles. The fourth-order valence-corrected chi connectivity index (χ4v) is 2.26. The highest BCUT2D eigenvalue weighted by molar-refractivity contribution is 5.68. The maximum atomic E-state index is 13.5. The van der Waals surface area contributed by atoms with Crippen LogP contribution in [0, 0.1) is 17.6 Å². The van der Waals surface area contributed by atoms with Crippen LogP contribution in [-0.2, 0) is 4.74 Å². The van der Waals surface area contributed by atoms with Crippen LogP contribution in [0.15, 0.2) is 18.2 Å². The first kappa shape index (κ1) is 16.5. The lowest BCUT2D eigenvalue weighted by Gasteiger charge is -2.24. The zero-order valence-corrected chi connectivity index (χ0v) is 13.1. The molecular formula is C16H21F2NO3. The summed E-state index contributed by atoms with van der Waals surface area (Å²) < 4.78 is 37.0. The lowest BCUT2D eigenvalue weighted by Crippen LogP contribution is -2.35. The van der Waals surface area contributed by atoms with E-state index in [-0.39, 0.29) is 24.4 Å². The van der Waals surface area contributed by atoms with Gasteiger partial charge in [-0.3, -0.25) is 0 Å². The van der Waals surface area contributed by atoms with Crippen LogP contribution in [-0.4, -0.2) is 36.3 Å². The van der Waals surface area contributed by atoms with E-state index in [2.05, 4.69) is 0 Å². The van der Waals surface area contributed by atoms with Crippen LogP contribution in [0.4, 0.5) is 13.6 Å². The summed E-state index contributed by atoms with van der Waals surface area (Å²) in [6.45, 7) is 6.84. The van der Waals surface area contributed by atoms with E-state index in [9.17, 15) is 13.6 Å². The second-order valence-electron chi connectivity index (χ2n) is 6.47. The standard InChI is InChI=1S/C16H21F2NO3/c1-16(2,3)22-15(20)19-7-6-11(9-19)10-21-14-5-4-12(17)8-13(14)18/h4-5,8,11H,6-7,9-10H2,1-3H3/t11-/m1/s1. The summed E-state index contributed by atoms with van der Waals surface area (Å²) in [6.07, 6.45) is 0.421. The van der Waals surface area contributed by atoms with Gasteiger partial charge in [0.1, 0.15) is 11.4 Å². The van der Waals surface area contributed by atoms with Gasteiger partial charge >= 0.3 is 6.09 Å². The number of ether oxygens (including phenoxy) is 2. The van der Waals surface area contributed by atoms with Gasteiger partial charge in [-0.2, -0.15) is 0 Å². The molecule has 1 fully saturated rings. The van der Waals surface area contributed by atoms with E-state index in [0.29, 0.717) is 13.1 Å². The highest BCUT2D eigenvalue weighted by Gasteiger charge is 2.30. The third-order valence-electron chi connectivity index (χ3n) is 3.31. The van der Waals surface area contributed by atoms with Gasteiger partial charge in [0.15, 0.2) is 11.6 Å². The van der Waals surface area contributed by atoms with Crippen molar-refractivity contribution in [1.82, 2.24) is 4.90 Å². The lowest BCUT2D eigenvalue weighted by molar-refractivity contribution is 0.0284. The highest BCUT2D eigenvalue weighted by Crippen LogP contribution is 2.23. The summed E-state index contributed by atoms with van der Waals surface area (Å²) in [5.41, 5.74) is -0.525. The SMILES string of the molecule is CC(C)(C)OC(=O)N1CC[C@@H](COc2ccc(F)cc2F)C1. The molecule has 4 nitrogen and oxygen atoms in total. The number of hydrogen-bond donors (Lipinski definition) is 0. The van der Waals surface area contributed by atoms with Crippen LogP contribution in [0.5, 0.6) is 5.75 Å². The largest absolute Gasteiger partial charge is 0.490 e. The average Bonchev–Trinajstić information content (AvgIpc) is 2.84. The van der Waals surface area contributed by atoms with Crippen molar-refractivity contribution < 1.29 is 23.0 Å². The Morgan fingerprint density at radius 3 is 2.73 bits per heavy atom. The molecule has 0 N–H and O–H groups in total. The molecular weight excluding hydrogens is 292 g/mol. The van der Waals surface area contributed by atoms with Crippen molar-refractivity contribution in [2.24, 2.45) is 5.92 Å². The van der Waals surface area contributed by atoms with Gasteiger partial charge in [0.05, 0.1) is 6.61 Å². The number of halogens is 2. The molecule has 2 rings (SSSR count). The third-order valence-corrected chi connectivity index (χ3v) is 3.31. The average molecular weight is 313 g/mol. The van der Waals surface area contributed by atoms with Crippen LogP contribution in [0.2, 0.25) is 0 Å². The van der Waals surface area contributed by atoms with Crippen molar-refractivity contribution in [1.29, 1.82) is 0 Å². The van der Waals surface area contributed by atoms with Crippen molar-refractivity contribution in [2.45, 2.75) is 32.8 Å². The summed E-state index contributed by atoms with van der Waals surface area (Å²) in [5, 5.41) is 0. The molecule has 1 aromatic rings. The van der Waals surface area contributed by atoms with Gasteiger partial charge in [-0.1, -0.05) is 0 Å². The smallest absolute Gasteiger partial charge is 0.410 e. The second-order valence-corrected chi connectivity index (χ2v) is 6.47. The molecule has 0 aliphatic carbocycles. The number of nitrogens with zero attached hydrogens (tertiary/aromatic N) is 1. The van der Waals surface area contributed by atoms with Crippen LogP contribution in [0.1, 0.15) is 27.2 Å².